The van der Waals surface area contributed by atoms with Crippen molar-refractivity contribution in [2.45, 2.75) is 39.7 Å². The average Bonchev–Trinajstić information content (AvgIpc) is 3.17. The van der Waals surface area contributed by atoms with E-state index in [1.165, 1.54) is 0 Å². The average molecular weight is 475 g/mol. The Balaban J connectivity index is 1.27. The van der Waals surface area contributed by atoms with E-state index in [1.54, 1.807) is 0 Å². The minimum absolute atomic E-state index is 0.0607. The van der Waals surface area contributed by atoms with Gasteiger partial charge in [-0.15, -0.1) is 0 Å². The second-order valence-electron chi connectivity index (χ2n) is 9.16. The van der Waals surface area contributed by atoms with E-state index in [2.05, 4.69) is 0 Å². The molecule has 35 heavy (non-hydrogen) atoms. The van der Waals surface area contributed by atoms with Crippen LogP contribution in [0.4, 0.5) is 0 Å². The highest BCUT2D eigenvalue weighted by molar-refractivity contribution is 5.80. The minimum atomic E-state index is -0.0607. The Bertz CT molecular complexity index is 1140. The number of piperidine rings is 1. The normalized spacial score (nSPS) is 14.1. The van der Waals surface area contributed by atoms with Crippen LogP contribution >= 0.6 is 0 Å². The van der Waals surface area contributed by atoms with Crippen LogP contribution in [0.15, 0.2) is 60.7 Å². The van der Waals surface area contributed by atoms with E-state index >= 15 is 0 Å². The Morgan fingerprint density at radius 3 is 2.29 bits per heavy atom. The lowest BCUT2D eigenvalue weighted by Crippen LogP contribution is -2.43. The number of nitrogens with zero attached hydrogens (tertiary/aromatic N) is 4. The Labute approximate surface area is 207 Å². The molecule has 0 N–H and O–H groups in total. The van der Waals surface area contributed by atoms with Gasteiger partial charge in [0.15, 0.2) is 0 Å². The van der Waals surface area contributed by atoms with Crippen molar-refractivity contribution in [3.8, 4) is 11.4 Å². The summed E-state index contributed by atoms with van der Waals surface area (Å²) in [4.78, 5) is 29.4. The lowest BCUT2D eigenvalue weighted by Gasteiger charge is -2.33. The third kappa shape index (κ3) is 5.91. The highest BCUT2D eigenvalue weighted by atomic mass is 16.5. The predicted octanol–water partition coefficient (Wildman–Crippen LogP) is 4.16. The Hall–Kier alpha value is -3.61. The summed E-state index contributed by atoms with van der Waals surface area (Å²) >= 11 is 0. The first-order valence-electron chi connectivity index (χ1n) is 12.2. The summed E-state index contributed by atoms with van der Waals surface area (Å²) in [6.45, 7) is 6.15. The fraction of sp³-hybridized carbons (Fsp3) is 0.393. The van der Waals surface area contributed by atoms with E-state index in [0.29, 0.717) is 45.5 Å². The standard InChI is InChI=1S/C28H34N4O3/c1-21-26(22(2)32(29-21)24-10-6-4-7-11-24)20-30(3)28(34)23-14-17-31(18-15-23)27(33)16-19-35-25-12-8-5-9-13-25/h4-13,23H,14-20H2,1-3H3. The van der Waals surface area contributed by atoms with Gasteiger partial charge in [-0.3, -0.25) is 9.59 Å². The molecule has 2 aromatic carbocycles. The summed E-state index contributed by atoms with van der Waals surface area (Å²) in [6, 6.07) is 19.6. The molecule has 1 aromatic heterocycles. The van der Waals surface area contributed by atoms with Crippen molar-refractivity contribution in [3.63, 3.8) is 0 Å². The Morgan fingerprint density at radius 2 is 1.63 bits per heavy atom. The van der Waals surface area contributed by atoms with Crippen LogP contribution in [0.5, 0.6) is 5.75 Å². The van der Waals surface area contributed by atoms with Crippen molar-refractivity contribution < 1.29 is 14.3 Å². The first kappa shape index (κ1) is 24.5. The third-order valence-electron chi connectivity index (χ3n) is 6.74. The van der Waals surface area contributed by atoms with Gasteiger partial charge in [0.25, 0.3) is 0 Å². The molecule has 0 unspecified atom stereocenters. The summed E-state index contributed by atoms with van der Waals surface area (Å²) in [5.41, 5.74) is 4.07. The Kier molecular flexibility index (Phi) is 7.85. The van der Waals surface area contributed by atoms with E-state index < -0.39 is 0 Å². The zero-order valence-corrected chi connectivity index (χ0v) is 20.8. The van der Waals surface area contributed by atoms with Gasteiger partial charge in [-0.1, -0.05) is 36.4 Å². The smallest absolute Gasteiger partial charge is 0.225 e. The van der Waals surface area contributed by atoms with Gasteiger partial charge < -0.3 is 14.5 Å². The Morgan fingerprint density at radius 1 is 1.00 bits per heavy atom. The first-order chi connectivity index (χ1) is 16.9. The molecule has 3 aromatic rings. The largest absolute Gasteiger partial charge is 0.493 e. The summed E-state index contributed by atoms with van der Waals surface area (Å²) < 4.78 is 7.59. The molecule has 0 spiro atoms. The number of ether oxygens (including phenoxy) is 1. The molecule has 4 rings (SSSR count). The third-order valence-corrected chi connectivity index (χ3v) is 6.74. The van der Waals surface area contributed by atoms with Crippen LogP contribution in [0.3, 0.4) is 0 Å². The number of carbonyl (C=O) groups excluding carboxylic acids is 2. The highest BCUT2D eigenvalue weighted by Crippen LogP contribution is 2.23. The summed E-state index contributed by atoms with van der Waals surface area (Å²) in [5.74, 6) is 0.928. The summed E-state index contributed by atoms with van der Waals surface area (Å²) in [6.07, 6.45) is 1.72. The number of aryl methyl sites for hydroxylation is 1. The maximum Gasteiger partial charge on any atom is 0.225 e. The van der Waals surface area contributed by atoms with E-state index in [4.69, 9.17) is 9.84 Å². The number of aromatic nitrogens is 2. The molecule has 184 valence electrons. The van der Waals surface area contributed by atoms with Crippen LogP contribution in [0, 0.1) is 19.8 Å². The summed E-state index contributed by atoms with van der Waals surface area (Å²) in [5, 5.41) is 4.70. The molecule has 0 radical (unpaired) electrons. The maximum absolute atomic E-state index is 13.2. The lowest BCUT2D eigenvalue weighted by molar-refractivity contribution is -0.140. The number of hydrogen-bond acceptors (Lipinski definition) is 4. The molecule has 2 heterocycles. The molecule has 0 bridgehead atoms. The molecule has 2 amide bonds. The van der Waals surface area contributed by atoms with Crippen molar-refractivity contribution in [1.82, 2.24) is 19.6 Å². The van der Waals surface area contributed by atoms with Gasteiger partial charge in [0, 0.05) is 43.9 Å². The van der Waals surface area contributed by atoms with E-state index in [-0.39, 0.29) is 17.7 Å². The van der Waals surface area contributed by atoms with Crippen molar-refractivity contribution in [1.29, 1.82) is 0 Å². The fourth-order valence-electron chi connectivity index (χ4n) is 4.66. The molecule has 0 aliphatic carbocycles. The molecule has 0 saturated carbocycles. The quantitative estimate of drug-likeness (QED) is 0.492. The highest BCUT2D eigenvalue weighted by Gasteiger charge is 2.29. The second-order valence-corrected chi connectivity index (χ2v) is 9.16. The van der Waals surface area contributed by atoms with Gasteiger partial charge in [0.2, 0.25) is 11.8 Å². The molecule has 0 atom stereocenters. The minimum Gasteiger partial charge on any atom is -0.493 e. The molecule has 7 nitrogen and oxygen atoms in total. The van der Waals surface area contributed by atoms with Crippen molar-refractivity contribution >= 4 is 11.8 Å². The van der Waals surface area contributed by atoms with E-state index in [9.17, 15) is 9.59 Å². The van der Waals surface area contributed by atoms with Gasteiger partial charge in [-0.2, -0.15) is 5.10 Å². The molecular formula is C28H34N4O3. The summed E-state index contributed by atoms with van der Waals surface area (Å²) in [7, 11) is 1.86. The molecule has 1 saturated heterocycles. The first-order valence-corrected chi connectivity index (χ1v) is 12.2. The van der Waals surface area contributed by atoms with Gasteiger partial charge in [0.1, 0.15) is 5.75 Å². The van der Waals surface area contributed by atoms with Crippen LogP contribution in [0.25, 0.3) is 5.69 Å². The maximum atomic E-state index is 13.2. The molecule has 1 fully saturated rings. The SMILES string of the molecule is Cc1nn(-c2ccccc2)c(C)c1CN(C)C(=O)C1CCN(C(=O)CCOc2ccccc2)CC1. The topological polar surface area (TPSA) is 67.7 Å². The van der Waals surface area contributed by atoms with Gasteiger partial charge in [-0.05, 0) is 51.0 Å². The van der Waals surface area contributed by atoms with Crippen molar-refractivity contribution in [2.75, 3.05) is 26.7 Å². The fourth-order valence-corrected chi connectivity index (χ4v) is 4.66. The zero-order chi connectivity index (χ0) is 24.8. The monoisotopic (exact) mass is 474 g/mol. The number of likely N-dealkylation sites (tertiary alicyclic amines) is 1. The number of hydrogen-bond donors (Lipinski definition) is 0. The number of carbonyl (C=O) groups is 2. The van der Waals surface area contributed by atoms with Crippen molar-refractivity contribution in [2.24, 2.45) is 5.92 Å². The van der Waals surface area contributed by atoms with Crippen molar-refractivity contribution in [3.05, 3.63) is 77.6 Å². The number of benzene rings is 2. The van der Waals surface area contributed by atoms with Gasteiger partial charge >= 0.3 is 0 Å². The van der Waals surface area contributed by atoms with E-state index in [1.807, 2.05) is 96.0 Å². The van der Waals surface area contributed by atoms with Gasteiger partial charge in [0.05, 0.1) is 24.4 Å². The van der Waals surface area contributed by atoms with E-state index in [0.717, 1.165) is 28.4 Å². The zero-order valence-electron chi connectivity index (χ0n) is 20.8. The van der Waals surface area contributed by atoms with Gasteiger partial charge in [-0.25, -0.2) is 4.68 Å². The van der Waals surface area contributed by atoms with Crippen LogP contribution in [-0.2, 0) is 16.1 Å². The molecular weight excluding hydrogens is 440 g/mol. The molecule has 1 aliphatic rings. The van der Waals surface area contributed by atoms with Crippen LogP contribution in [-0.4, -0.2) is 58.1 Å². The molecule has 1 aliphatic heterocycles. The predicted molar refractivity (Wildman–Crippen MR) is 135 cm³/mol. The van der Waals surface area contributed by atoms with Crippen LogP contribution in [0.1, 0.15) is 36.2 Å². The molecule has 7 heteroatoms. The second kappa shape index (κ2) is 11.2. The number of rotatable bonds is 8. The van der Waals surface area contributed by atoms with Crippen LogP contribution < -0.4 is 4.74 Å². The number of amides is 2. The van der Waals surface area contributed by atoms with Crippen LogP contribution in [0.2, 0.25) is 0 Å². The lowest BCUT2D eigenvalue weighted by atomic mass is 9.95. The number of para-hydroxylation sites is 2.